The van der Waals surface area contributed by atoms with Crippen LogP contribution in [0.4, 0.5) is 11.4 Å². The summed E-state index contributed by atoms with van der Waals surface area (Å²) in [5.41, 5.74) is 3.31. The van der Waals surface area contributed by atoms with E-state index in [9.17, 15) is 4.79 Å². The highest BCUT2D eigenvalue weighted by Gasteiger charge is 2.65. The van der Waals surface area contributed by atoms with E-state index in [1.54, 1.807) is 12.1 Å². The van der Waals surface area contributed by atoms with E-state index in [2.05, 4.69) is 49.6 Å². The quantitative estimate of drug-likeness (QED) is 0.211. The van der Waals surface area contributed by atoms with Gasteiger partial charge in [-0.25, -0.2) is 9.79 Å². The molecule has 206 valence electrons. The summed E-state index contributed by atoms with van der Waals surface area (Å²) in [5, 5.41) is 1.91. The molecular formula is C37H30N2O3. The minimum atomic E-state index is -1.26. The Balaban J connectivity index is 1.48. The Morgan fingerprint density at radius 1 is 0.905 bits per heavy atom. The first-order valence-corrected chi connectivity index (χ1v) is 14.1. The molecule has 42 heavy (non-hydrogen) atoms. The van der Waals surface area contributed by atoms with Gasteiger partial charge in [-0.1, -0.05) is 97.6 Å². The van der Waals surface area contributed by atoms with Gasteiger partial charge in [0.1, 0.15) is 11.4 Å². The lowest BCUT2D eigenvalue weighted by Crippen LogP contribution is -2.66. The normalized spacial score (nSPS) is 18.1. The fraction of sp³-hybridized carbons (Fsp3) is 0.135. The summed E-state index contributed by atoms with van der Waals surface area (Å²) in [4.78, 5) is 21.1. The predicted molar refractivity (Wildman–Crippen MR) is 168 cm³/mol. The van der Waals surface area contributed by atoms with Gasteiger partial charge < -0.3 is 14.4 Å². The molecule has 1 atom stereocenters. The van der Waals surface area contributed by atoms with Crippen LogP contribution in [0.15, 0.2) is 127 Å². The van der Waals surface area contributed by atoms with Crippen LogP contribution < -0.4 is 9.64 Å². The third-order valence-corrected chi connectivity index (χ3v) is 8.45. The minimum Gasteiger partial charge on any atom is -0.455 e. The molecule has 5 heteroatoms. The van der Waals surface area contributed by atoms with Crippen LogP contribution >= 0.6 is 0 Å². The average molecular weight is 551 g/mol. The second-order valence-corrected chi connectivity index (χ2v) is 11.2. The molecule has 5 aromatic rings. The van der Waals surface area contributed by atoms with Crippen molar-refractivity contribution in [2.75, 3.05) is 4.90 Å². The number of nitrogens with zero attached hydrogens (tertiary/aromatic N) is 2. The summed E-state index contributed by atoms with van der Waals surface area (Å²) < 4.78 is 13.5. The number of benzene rings is 5. The van der Waals surface area contributed by atoms with Gasteiger partial charge in [-0.2, -0.15) is 0 Å². The Labute approximate surface area is 245 Å². The van der Waals surface area contributed by atoms with Gasteiger partial charge >= 0.3 is 5.97 Å². The maximum atomic E-state index is 13.7. The maximum Gasteiger partial charge on any atom is 0.344 e. The minimum absolute atomic E-state index is 0.206. The molecule has 1 unspecified atom stereocenters. The van der Waals surface area contributed by atoms with E-state index < -0.39 is 17.1 Å². The Morgan fingerprint density at radius 2 is 1.60 bits per heavy atom. The number of ether oxygens (including phenoxy) is 2. The van der Waals surface area contributed by atoms with Crippen molar-refractivity contribution in [3.05, 3.63) is 144 Å². The first kappa shape index (κ1) is 25.8. The van der Waals surface area contributed by atoms with Crippen molar-refractivity contribution < 1.29 is 14.3 Å². The Hall–Kier alpha value is -5.16. The number of fused-ring (bicyclic) bond motifs is 4. The highest BCUT2D eigenvalue weighted by molar-refractivity contribution is 6.09. The van der Waals surface area contributed by atoms with Gasteiger partial charge in [0.25, 0.3) is 11.6 Å². The van der Waals surface area contributed by atoms with Crippen molar-refractivity contribution in [1.29, 1.82) is 0 Å². The number of carbonyl (C=O) groups excluding carboxylic acids is 1. The molecule has 5 aromatic carbocycles. The van der Waals surface area contributed by atoms with Crippen molar-refractivity contribution in [3.8, 4) is 5.75 Å². The number of esters is 1. The van der Waals surface area contributed by atoms with Crippen molar-refractivity contribution in [2.45, 2.75) is 31.5 Å². The van der Waals surface area contributed by atoms with Crippen LogP contribution in [0.1, 0.15) is 40.9 Å². The van der Waals surface area contributed by atoms with Crippen LogP contribution in [0.5, 0.6) is 5.75 Å². The van der Waals surface area contributed by atoms with Gasteiger partial charge in [0.15, 0.2) is 0 Å². The Kier molecular flexibility index (Phi) is 5.98. The zero-order chi connectivity index (χ0) is 28.9. The standard InChI is InChI=1S/C37H30N2O3/c1-4-25-19-20-27-21-22-32-33(29(27)23-25)38-35(41-34(40)28-15-9-6-10-16-28)37(42-32)36(2,3)30-17-11-12-18-31(30)39(37)24-26-13-7-5-8-14-26/h4-23H,1,24H2,2-3H3. The molecule has 5 nitrogen and oxygen atoms in total. The average Bonchev–Trinajstić information content (AvgIpc) is 3.21. The van der Waals surface area contributed by atoms with Crippen LogP contribution in [0.3, 0.4) is 0 Å². The second-order valence-electron chi connectivity index (χ2n) is 11.2. The molecule has 1 spiro atoms. The van der Waals surface area contributed by atoms with Crippen molar-refractivity contribution >= 4 is 40.1 Å². The first-order chi connectivity index (χ1) is 20.4. The van der Waals surface area contributed by atoms with E-state index in [0.717, 1.165) is 33.2 Å². The summed E-state index contributed by atoms with van der Waals surface area (Å²) in [5.74, 6) is 0.346. The topological polar surface area (TPSA) is 51.1 Å². The third kappa shape index (κ3) is 3.85. The smallest absolute Gasteiger partial charge is 0.344 e. The summed E-state index contributed by atoms with van der Waals surface area (Å²) in [6.45, 7) is 8.72. The van der Waals surface area contributed by atoms with Gasteiger partial charge in [0, 0.05) is 17.6 Å². The third-order valence-electron chi connectivity index (χ3n) is 8.45. The van der Waals surface area contributed by atoms with Gasteiger partial charge in [-0.15, -0.1) is 0 Å². The van der Waals surface area contributed by atoms with Gasteiger partial charge in [-0.3, -0.25) is 0 Å². The molecule has 2 aliphatic rings. The Bertz CT molecular complexity index is 1880. The fourth-order valence-corrected chi connectivity index (χ4v) is 6.27. The van der Waals surface area contributed by atoms with E-state index in [1.165, 1.54) is 0 Å². The highest BCUT2D eigenvalue weighted by atomic mass is 16.6. The summed E-state index contributed by atoms with van der Waals surface area (Å²) in [7, 11) is 0. The molecule has 0 fully saturated rings. The van der Waals surface area contributed by atoms with Crippen LogP contribution in [0.25, 0.3) is 16.8 Å². The zero-order valence-corrected chi connectivity index (χ0v) is 23.6. The first-order valence-electron chi connectivity index (χ1n) is 14.1. The molecule has 2 aliphatic heterocycles. The summed E-state index contributed by atoms with van der Waals surface area (Å²) in [6, 6.07) is 37.6. The van der Waals surface area contributed by atoms with E-state index in [-0.39, 0.29) is 5.90 Å². The number of anilines is 1. The van der Waals surface area contributed by atoms with Crippen LogP contribution in [0, 0.1) is 0 Å². The number of carbonyl (C=O) groups is 1. The molecule has 0 saturated carbocycles. The molecule has 0 N–H and O–H groups in total. The largest absolute Gasteiger partial charge is 0.455 e. The van der Waals surface area contributed by atoms with E-state index in [4.69, 9.17) is 14.5 Å². The molecule has 0 amide bonds. The Morgan fingerprint density at radius 3 is 2.36 bits per heavy atom. The number of rotatable bonds is 4. The van der Waals surface area contributed by atoms with E-state index >= 15 is 0 Å². The fourth-order valence-electron chi connectivity index (χ4n) is 6.27. The second kappa shape index (κ2) is 9.74. The predicted octanol–water partition coefficient (Wildman–Crippen LogP) is 8.46. The number of para-hydroxylation sites is 1. The van der Waals surface area contributed by atoms with Crippen LogP contribution in [0.2, 0.25) is 0 Å². The molecule has 0 saturated heterocycles. The van der Waals surface area contributed by atoms with Crippen LogP contribution in [-0.2, 0) is 16.7 Å². The zero-order valence-electron chi connectivity index (χ0n) is 23.6. The molecular weight excluding hydrogens is 520 g/mol. The number of aliphatic imine (C=N–C) groups is 1. The van der Waals surface area contributed by atoms with Gasteiger partial charge in [0.2, 0.25) is 0 Å². The molecule has 0 aliphatic carbocycles. The lowest BCUT2D eigenvalue weighted by atomic mass is 9.76. The van der Waals surface area contributed by atoms with Crippen molar-refractivity contribution in [2.24, 2.45) is 4.99 Å². The SMILES string of the molecule is C=Cc1ccc2ccc3c(c2c1)N=C(OC(=O)c1ccccc1)C1(O3)N(Cc2ccccc2)c2ccccc2C1(C)C. The number of hydrogen-bond donors (Lipinski definition) is 0. The highest BCUT2D eigenvalue weighted by Crippen LogP contribution is 2.57. The van der Waals surface area contributed by atoms with Crippen molar-refractivity contribution in [3.63, 3.8) is 0 Å². The lowest BCUT2D eigenvalue weighted by molar-refractivity contribution is 0.0369. The molecule has 0 aromatic heterocycles. The van der Waals surface area contributed by atoms with Crippen LogP contribution in [-0.4, -0.2) is 17.6 Å². The molecule has 0 bridgehead atoms. The lowest BCUT2D eigenvalue weighted by Gasteiger charge is -2.48. The van der Waals surface area contributed by atoms with Crippen molar-refractivity contribution in [1.82, 2.24) is 0 Å². The number of hydrogen-bond acceptors (Lipinski definition) is 5. The van der Waals surface area contributed by atoms with E-state index in [1.807, 2.05) is 84.9 Å². The maximum absolute atomic E-state index is 13.7. The molecule has 7 rings (SSSR count). The van der Waals surface area contributed by atoms with Gasteiger partial charge in [-0.05, 0) is 66.3 Å². The molecule has 2 heterocycles. The molecule has 0 radical (unpaired) electrons. The summed E-state index contributed by atoms with van der Waals surface area (Å²) in [6.07, 6.45) is 1.81. The summed E-state index contributed by atoms with van der Waals surface area (Å²) >= 11 is 0. The van der Waals surface area contributed by atoms with E-state index in [0.29, 0.717) is 23.5 Å². The van der Waals surface area contributed by atoms with Gasteiger partial charge in [0.05, 0.1) is 11.0 Å². The monoisotopic (exact) mass is 550 g/mol.